The lowest BCUT2D eigenvalue weighted by molar-refractivity contribution is -0.384. The molecule has 0 unspecified atom stereocenters. The summed E-state index contributed by atoms with van der Waals surface area (Å²) < 4.78 is 25.6. The van der Waals surface area contributed by atoms with Crippen LogP contribution in [0.15, 0.2) is 114 Å². The Bertz CT molecular complexity index is 1660. The summed E-state index contributed by atoms with van der Waals surface area (Å²) in [4.78, 5) is 16.0. The minimum absolute atomic E-state index is 0.0205. The van der Waals surface area contributed by atoms with Crippen LogP contribution in [0.4, 0.5) is 5.69 Å². The molecular formula is C27H20N4O4S. The molecule has 0 atom stereocenters. The van der Waals surface area contributed by atoms with Gasteiger partial charge in [0.1, 0.15) is 5.82 Å². The van der Waals surface area contributed by atoms with Gasteiger partial charge in [0.25, 0.3) is 5.69 Å². The highest BCUT2D eigenvalue weighted by Crippen LogP contribution is 2.39. The van der Waals surface area contributed by atoms with Crippen molar-refractivity contribution in [2.24, 2.45) is 5.14 Å². The van der Waals surface area contributed by atoms with Gasteiger partial charge in [-0.2, -0.15) is 0 Å². The molecule has 0 spiro atoms. The molecule has 1 heterocycles. The monoisotopic (exact) mass is 496 g/mol. The normalized spacial score (nSPS) is 11.4. The number of hydrogen-bond acceptors (Lipinski definition) is 5. The summed E-state index contributed by atoms with van der Waals surface area (Å²) in [6, 6.07) is 31.7. The number of hydrogen-bond donors (Lipinski definition) is 1. The van der Waals surface area contributed by atoms with Crippen LogP contribution in [-0.2, 0) is 10.0 Å². The van der Waals surface area contributed by atoms with E-state index in [4.69, 9.17) is 10.1 Å². The second-order valence-corrected chi connectivity index (χ2v) is 9.61. The molecule has 0 aliphatic rings. The zero-order chi connectivity index (χ0) is 25.3. The van der Waals surface area contributed by atoms with Crippen molar-refractivity contribution in [3.8, 4) is 39.6 Å². The zero-order valence-electron chi connectivity index (χ0n) is 18.9. The second-order valence-electron chi connectivity index (χ2n) is 8.05. The van der Waals surface area contributed by atoms with E-state index in [-0.39, 0.29) is 10.6 Å². The fourth-order valence-electron chi connectivity index (χ4n) is 4.07. The lowest BCUT2D eigenvalue weighted by Gasteiger charge is -2.14. The first kappa shape index (κ1) is 23.2. The van der Waals surface area contributed by atoms with Crippen LogP contribution in [0.1, 0.15) is 0 Å². The number of aromatic nitrogens is 2. The third-order valence-corrected chi connectivity index (χ3v) is 6.64. The van der Waals surface area contributed by atoms with Crippen molar-refractivity contribution in [2.75, 3.05) is 0 Å². The van der Waals surface area contributed by atoms with E-state index in [1.165, 1.54) is 24.3 Å². The molecule has 0 bridgehead atoms. The number of nitrogens with zero attached hydrogens (tertiary/aromatic N) is 3. The van der Waals surface area contributed by atoms with Gasteiger partial charge >= 0.3 is 0 Å². The lowest BCUT2D eigenvalue weighted by atomic mass is 10.0. The first-order valence-electron chi connectivity index (χ1n) is 10.9. The second kappa shape index (κ2) is 9.21. The number of rotatable bonds is 6. The fraction of sp³-hybridized carbons (Fsp3) is 0. The molecule has 5 rings (SSSR count). The Kier molecular flexibility index (Phi) is 5.93. The van der Waals surface area contributed by atoms with Crippen molar-refractivity contribution in [1.82, 2.24) is 9.55 Å². The average Bonchev–Trinajstić information content (AvgIpc) is 3.30. The van der Waals surface area contributed by atoms with Crippen LogP contribution < -0.4 is 5.14 Å². The third-order valence-electron chi connectivity index (χ3n) is 5.71. The number of sulfonamides is 1. The number of nitro benzene ring substituents is 1. The highest BCUT2D eigenvalue weighted by molar-refractivity contribution is 7.89. The van der Waals surface area contributed by atoms with E-state index in [2.05, 4.69) is 0 Å². The first-order chi connectivity index (χ1) is 17.3. The van der Waals surface area contributed by atoms with Crippen LogP contribution in [0.2, 0.25) is 0 Å². The van der Waals surface area contributed by atoms with Crippen molar-refractivity contribution in [3.05, 3.63) is 119 Å². The predicted molar refractivity (Wildman–Crippen MR) is 138 cm³/mol. The molecule has 0 aliphatic heterocycles. The molecule has 9 heteroatoms. The van der Waals surface area contributed by atoms with E-state index in [9.17, 15) is 18.5 Å². The van der Waals surface area contributed by atoms with Crippen molar-refractivity contribution in [1.29, 1.82) is 0 Å². The minimum Gasteiger partial charge on any atom is -0.292 e. The summed E-state index contributed by atoms with van der Waals surface area (Å²) in [5.41, 5.74) is 4.27. The zero-order valence-corrected chi connectivity index (χ0v) is 19.7. The topological polar surface area (TPSA) is 121 Å². The van der Waals surface area contributed by atoms with E-state index in [0.29, 0.717) is 22.8 Å². The highest BCUT2D eigenvalue weighted by atomic mass is 32.2. The van der Waals surface area contributed by atoms with E-state index in [1.54, 1.807) is 24.3 Å². The summed E-state index contributed by atoms with van der Waals surface area (Å²) in [6.07, 6.45) is 0. The van der Waals surface area contributed by atoms with Gasteiger partial charge in [0.15, 0.2) is 0 Å². The smallest absolute Gasteiger partial charge is 0.270 e. The van der Waals surface area contributed by atoms with E-state index >= 15 is 0 Å². The van der Waals surface area contributed by atoms with Gasteiger partial charge in [-0.25, -0.2) is 18.5 Å². The largest absolute Gasteiger partial charge is 0.292 e. The van der Waals surface area contributed by atoms with Crippen LogP contribution >= 0.6 is 0 Å². The van der Waals surface area contributed by atoms with Crippen LogP contribution in [0.3, 0.4) is 0 Å². The molecule has 0 aliphatic carbocycles. The Balaban J connectivity index is 1.86. The number of primary sulfonamides is 1. The van der Waals surface area contributed by atoms with E-state index < -0.39 is 14.9 Å². The standard InChI is InChI=1S/C27H20N4O4S/c28-36(34,35)24-16-14-22(15-17-24)30-26(20-10-5-2-6-11-20)25(19-8-3-1-4-9-19)29-27(30)21-12-7-13-23(18-21)31(32)33/h1-18H,(H2,28,34,35). The van der Waals surface area contributed by atoms with Crippen molar-refractivity contribution in [3.63, 3.8) is 0 Å². The minimum atomic E-state index is -3.88. The van der Waals surface area contributed by atoms with Gasteiger partial charge in [-0.15, -0.1) is 0 Å². The van der Waals surface area contributed by atoms with Gasteiger partial charge in [-0.1, -0.05) is 72.8 Å². The molecule has 0 amide bonds. The Morgan fingerprint density at radius 2 is 1.33 bits per heavy atom. The van der Waals surface area contributed by atoms with Gasteiger partial charge < -0.3 is 0 Å². The molecule has 4 aromatic carbocycles. The molecule has 5 aromatic rings. The molecule has 0 saturated carbocycles. The first-order valence-corrected chi connectivity index (χ1v) is 12.5. The van der Waals surface area contributed by atoms with Crippen LogP contribution in [0, 0.1) is 10.1 Å². The van der Waals surface area contributed by atoms with Crippen LogP contribution in [0.25, 0.3) is 39.6 Å². The number of imidazole rings is 1. The van der Waals surface area contributed by atoms with Gasteiger partial charge in [0, 0.05) is 34.5 Å². The van der Waals surface area contributed by atoms with Crippen LogP contribution in [0.5, 0.6) is 0 Å². The van der Waals surface area contributed by atoms with E-state index in [1.807, 2.05) is 65.2 Å². The van der Waals surface area contributed by atoms with Gasteiger partial charge in [0.05, 0.1) is 21.2 Å². The molecule has 0 radical (unpaired) electrons. The molecule has 8 nitrogen and oxygen atoms in total. The third kappa shape index (κ3) is 4.40. The summed E-state index contributed by atoms with van der Waals surface area (Å²) in [5.74, 6) is 0.472. The maximum absolute atomic E-state index is 11.8. The van der Waals surface area contributed by atoms with Gasteiger partial charge in [0.2, 0.25) is 10.0 Å². The molecular weight excluding hydrogens is 476 g/mol. The van der Waals surface area contributed by atoms with Gasteiger partial charge in [-0.3, -0.25) is 14.7 Å². The Labute approximate surface area is 207 Å². The van der Waals surface area contributed by atoms with Crippen molar-refractivity contribution < 1.29 is 13.3 Å². The van der Waals surface area contributed by atoms with E-state index in [0.717, 1.165) is 16.8 Å². The predicted octanol–water partition coefficient (Wildman–Crippen LogP) is 5.43. The Morgan fingerprint density at radius 3 is 1.92 bits per heavy atom. The summed E-state index contributed by atoms with van der Waals surface area (Å²) in [7, 11) is -3.88. The summed E-state index contributed by atoms with van der Waals surface area (Å²) >= 11 is 0. The molecule has 1 aromatic heterocycles. The summed E-state index contributed by atoms with van der Waals surface area (Å²) in [6.45, 7) is 0. The molecule has 0 fully saturated rings. The van der Waals surface area contributed by atoms with Crippen molar-refractivity contribution in [2.45, 2.75) is 4.90 Å². The van der Waals surface area contributed by atoms with Crippen LogP contribution in [-0.4, -0.2) is 22.9 Å². The lowest BCUT2D eigenvalue weighted by Crippen LogP contribution is -2.12. The summed E-state index contributed by atoms with van der Waals surface area (Å²) in [5, 5.41) is 16.8. The number of benzene rings is 4. The average molecular weight is 497 g/mol. The maximum Gasteiger partial charge on any atom is 0.270 e. The Morgan fingerprint density at radius 1 is 0.750 bits per heavy atom. The highest BCUT2D eigenvalue weighted by Gasteiger charge is 2.23. The molecule has 178 valence electrons. The molecule has 36 heavy (non-hydrogen) atoms. The van der Waals surface area contributed by atoms with Crippen molar-refractivity contribution >= 4 is 15.7 Å². The fourth-order valence-corrected chi connectivity index (χ4v) is 4.58. The maximum atomic E-state index is 11.8. The quantitative estimate of drug-likeness (QED) is 0.248. The molecule has 2 N–H and O–H groups in total. The SMILES string of the molecule is NS(=O)(=O)c1ccc(-n2c(-c3cccc([N+](=O)[O-])c3)nc(-c3ccccc3)c2-c2ccccc2)cc1. The number of non-ortho nitro benzene ring substituents is 1. The number of nitrogens with two attached hydrogens (primary N) is 1. The molecule has 0 saturated heterocycles. The Hall–Kier alpha value is -4.60. The number of nitro groups is 1. The van der Waals surface area contributed by atoms with Gasteiger partial charge in [-0.05, 0) is 24.3 Å².